The zero-order valence-corrected chi connectivity index (χ0v) is 17.7. The highest BCUT2D eigenvalue weighted by atomic mass is 16.8. The number of aromatic nitrogens is 2. The number of carbonyl (C=O) groups excluding carboxylic acids is 3. The highest BCUT2D eigenvalue weighted by Crippen LogP contribution is 2.37. The van der Waals surface area contributed by atoms with Gasteiger partial charge in [-0.1, -0.05) is 32.0 Å². The van der Waals surface area contributed by atoms with Gasteiger partial charge in [-0.3, -0.25) is 9.36 Å². The molecule has 174 valence electrons. The Morgan fingerprint density at radius 1 is 1.12 bits per heavy atom. The lowest BCUT2D eigenvalue weighted by Crippen LogP contribution is -2.34. The van der Waals surface area contributed by atoms with Crippen LogP contribution in [0.1, 0.15) is 30.4 Å². The average molecular weight is 459 g/mol. The van der Waals surface area contributed by atoms with Crippen LogP contribution in [0.2, 0.25) is 0 Å². The Kier molecular flexibility index (Phi) is 6.27. The van der Waals surface area contributed by atoms with E-state index in [9.17, 15) is 19.2 Å². The van der Waals surface area contributed by atoms with Gasteiger partial charge in [0.15, 0.2) is 24.3 Å². The number of ether oxygens (including phenoxy) is 4. The van der Waals surface area contributed by atoms with Crippen molar-refractivity contribution in [2.45, 2.75) is 38.4 Å². The van der Waals surface area contributed by atoms with E-state index in [0.29, 0.717) is 5.56 Å². The summed E-state index contributed by atoms with van der Waals surface area (Å²) in [5.41, 5.74) is 1.88. The van der Waals surface area contributed by atoms with E-state index in [1.807, 2.05) is 0 Å². The molecule has 4 atom stereocenters. The summed E-state index contributed by atoms with van der Waals surface area (Å²) in [5, 5.41) is 0. The number of nitrogens with one attached hydrogen (secondary N) is 1. The van der Waals surface area contributed by atoms with Crippen LogP contribution >= 0.6 is 0 Å². The minimum atomic E-state index is -1.05. The number of esters is 1. The summed E-state index contributed by atoms with van der Waals surface area (Å²) in [6.45, 7) is 3.18. The Morgan fingerprint density at radius 3 is 2.55 bits per heavy atom. The summed E-state index contributed by atoms with van der Waals surface area (Å²) >= 11 is 0. The van der Waals surface area contributed by atoms with E-state index < -0.39 is 48.3 Å². The smallest absolute Gasteiger partial charge is 0.463 e. The van der Waals surface area contributed by atoms with Crippen LogP contribution in [0.25, 0.3) is 0 Å². The molecule has 2 aromatic rings. The molecule has 0 unspecified atom stereocenters. The van der Waals surface area contributed by atoms with Gasteiger partial charge in [0, 0.05) is 12.3 Å². The first-order valence-corrected chi connectivity index (χ1v) is 10.1. The molecule has 12 heteroatoms. The third-order valence-corrected chi connectivity index (χ3v) is 4.97. The van der Waals surface area contributed by atoms with Gasteiger partial charge in [-0.05, 0) is 12.1 Å². The van der Waals surface area contributed by atoms with Crippen LogP contribution in [0.4, 0.5) is 10.6 Å². The van der Waals surface area contributed by atoms with E-state index in [2.05, 4.69) is 10.5 Å². The molecule has 2 fully saturated rings. The summed E-state index contributed by atoms with van der Waals surface area (Å²) < 4.78 is 22.4. The maximum absolute atomic E-state index is 12.6. The molecule has 0 amide bonds. The Bertz CT molecular complexity index is 1100. The number of fused-ring (bicyclic) bond motifs is 1. The summed E-state index contributed by atoms with van der Waals surface area (Å²) in [4.78, 5) is 56.8. The molecule has 4 rings (SSSR count). The van der Waals surface area contributed by atoms with Gasteiger partial charge >= 0.3 is 23.8 Å². The van der Waals surface area contributed by atoms with E-state index in [-0.39, 0.29) is 18.3 Å². The second kappa shape index (κ2) is 9.28. The van der Waals surface area contributed by atoms with Crippen molar-refractivity contribution in [2.75, 3.05) is 12.1 Å². The van der Waals surface area contributed by atoms with Crippen molar-refractivity contribution in [3.05, 3.63) is 58.6 Å². The molecular formula is C21H21N3O9. The van der Waals surface area contributed by atoms with Crippen LogP contribution in [-0.2, 0) is 28.6 Å². The van der Waals surface area contributed by atoms with Crippen molar-refractivity contribution in [3.8, 4) is 0 Å². The molecule has 0 bridgehead atoms. The molecule has 1 aromatic carbocycles. The number of carbonyl (C=O) groups is 3. The Labute approximate surface area is 187 Å². The maximum Gasteiger partial charge on any atom is 0.509 e. The van der Waals surface area contributed by atoms with E-state index in [4.69, 9.17) is 23.8 Å². The van der Waals surface area contributed by atoms with Crippen molar-refractivity contribution >= 4 is 23.9 Å². The van der Waals surface area contributed by atoms with Crippen molar-refractivity contribution in [3.63, 3.8) is 0 Å². The second-order valence-corrected chi connectivity index (χ2v) is 7.63. The van der Waals surface area contributed by atoms with Crippen LogP contribution in [0.5, 0.6) is 0 Å². The van der Waals surface area contributed by atoms with Gasteiger partial charge in [-0.25, -0.2) is 14.4 Å². The molecule has 0 saturated carbocycles. The average Bonchev–Trinajstić information content (AvgIpc) is 3.34. The molecule has 3 heterocycles. The lowest BCUT2D eigenvalue weighted by Gasteiger charge is -2.18. The van der Waals surface area contributed by atoms with Gasteiger partial charge in [0.25, 0.3) is 0 Å². The molecule has 0 radical (unpaired) electrons. The summed E-state index contributed by atoms with van der Waals surface area (Å²) in [6, 6.07) is 9.64. The largest absolute Gasteiger partial charge is 0.509 e. The second-order valence-electron chi connectivity index (χ2n) is 7.63. The van der Waals surface area contributed by atoms with Crippen LogP contribution in [0.3, 0.4) is 0 Å². The molecule has 33 heavy (non-hydrogen) atoms. The number of benzene rings is 1. The van der Waals surface area contributed by atoms with Gasteiger partial charge in [0.2, 0.25) is 0 Å². The van der Waals surface area contributed by atoms with Gasteiger partial charge in [-0.2, -0.15) is 10.5 Å². The summed E-state index contributed by atoms with van der Waals surface area (Å²) in [7, 11) is 0. The van der Waals surface area contributed by atoms with Gasteiger partial charge in [0.05, 0.1) is 11.5 Å². The SMILES string of the molecule is CC(C)C(=O)OC[C@H]1O[C@@H](n2ccc(NOC(=O)c3ccccc3)nc2=O)[C@@H]2OC(=O)O[C@@H]21. The van der Waals surface area contributed by atoms with E-state index in [0.717, 1.165) is 4.57 Å². The monoisotopic (exact) mass is 459 g/mol. The molecule has 1 N–H and O–H groups in total. The zero-order chi connectivity index (χ0) is 23.5. The molecule has 2 aliphatic rings. The fourth-order valence-corrected chi connectivity index (χ4v) is 3.31. The first-order valence-electron chi connectivity index (χ1n) is 10.1. The lowest BCUT2D eigenvalue weighted by atomic mass is 10.1. The molecule has 1 aromatic heterocycles. The minimum absolute atomic E-state index is 0.0165. The Balaban J connectivity index is 1.44. The van der Waals surface area contributed by atoms with E-state index >= 15 is 0 Å². The van der Waals surface area contributed by atoms with Crippen LogP contribution in [0, 0.1) is 5.92 Å². The third kappa shape index (κ3) is 4.80. The molecule has 2 saturated heterocycles. The van der Waals surface area contributed by atoms with Crippen LogP contribution < -0.4 is 11.2 Å². The third-order valence-electron chi connectivity index (χ3n) is 4.97. The fraction of sp³-hybridized carbons (Fsp3) is 0.381. The molecule has 2 aliphatic heterocycles. The quantitative estimate of drug-likeness (QED) is 0.365. The maximum atomic E-state index is 12.6. The normalized spacial score (nSPS) is 23.4. The predicted octanol–water partition coefficient (Wildman–Crippen LogP) is 1.43. The van der Waals surface area contributed by atoms with Crippen LogP contribution in [0.15, 0.2) is 47.4 Å². The Hall–Kier alpha value is -3.93. The number of hydrogen-bond donors (Lipinski definition) is 1. The van der Waals surface area contributed by atoms with Gasteiger partial charge in [0.1, 0.15) is 12.7 Å². The van der Waals surface area contributed by atoms with E-state index in [1.165, 1.54) is 12.3 Å². The summed E-state index contributed by atoms with van der Waals surface area (Å²) in [5.74, 6) is -1.46. The van der Waals surface area contributed by atoms with Crippen molar-refractivity contribution in [2.24, 2.45) is 5.92 Å². The van der Waals surface area contributed by atoms with Crippen molar-refractivity contribution in [1.29, 1.82) is 0 Å². The van der Waals surface area contributed by atoms with Gasteiger partial charge < -0.3 is 23.8 Å². The first-order chi connectivity index (χ1) is 15.8. The fourth-order valence-electron chi connectivity index (χ4n) is 3.31. The number of rotatable bonds is 7. The van der Waals surface area contributed by atoms with Gasteiger partial charge in [-0.15, -0.1) is 0 Å². The lowest BCUT2D eigenvalue weighted by molar-refractivity contribution is -0.154. The molecule has 0 spiro atoms. The standard InChI is InChI=1S/C21H21N3O9/c1-11(2)18(25)29-10-13-15-16(32-21(28)31-15)17(30-13)24-9-8-14(22-20(24)27)23-33-19(26)12-6-4-3-5-7-12/h3-9,11,13,15-17H,10H2,1-2H3,(H,22,23,27)/t13-,15-,16-,17-/m1/s1. The molecule has 12 nitrogen and oxygen atoms in total. The predicted molar refractivity (Wildman–Crippen MR) is 109 cm³/mol. The van der Waals surface area contributed by atoms with Crippen molar-refractivity contribution in [1.82, 2.24) is 9.55 Å². The summed E-state index contributed by atoms with van der Waals surface area (Å²) in [6.07, 6.45) is -3.25. The number of nitrogens with zero attached hydrogens (tertiary/aromatic N) is 2. The molecule has 0 aliphatic carbocycles. The van der Waals surface area contributed by atoms with Crippen molar-refractivity contribution < 1.29 is 38.2 Å². The minimum Gasteiger partial charge on any atom is -0.463 e. The highest BCUT2D eigenvalue weighted by Gasteiger charge is 2.55. The highest BCUT2D eigenvalue weighted by molar-refractivity contribution is 5.89. The first kappa shape index (κ1) is 22.3. The van der Waals surface area contributed by atoms with E-state index in [1.54, 1.807) is 44.2 Å². The number of anilines is 1. The van der Waals surface area contributed by atoms with Crippen LogP contribution in [-0.4, -0.2) is 52.6 Å². The molecular weight excluding hydrogens is 438 g/mol. The zero-order valence-electron chi connectivity index (χ0n) is 17.7. The Morgan fingerprint density at radius 2 is 1.85 bits per heavy atom. The topological polar surface area (TPSA) is 144 Å². The number of hydrogen-bond acceptors (Lipinski definition) is 11.